The number of nitrogens with one attached hydrogen (secondary N) is 1. The van der Waals surface area contributed by atoms with E-state index < -0.39 is 4.92 Å². The van der Waals surface area contributed by atoms with Gasteiger partial charge in [0.05, 0.1) is 17.4 Å². The van der Waals surface area contributed by atoms with E-state index in [1.165, 1.54) is 13.0 Å². The van der Waals surface area contributed by atoms with Crippen LogP contribution in [0.3, 0.4) is 0 Å². The average molecular weight is 367 g/mol. The van der Waals surface area contributed by atoms with E-state index in [2.05, 4.69) is 5.32 Å². The number of carbonyl (C=O) groups is 2. The van der Waals surface area contributed by atoms with E-state index in [0.717, 1.165) is 17.5 Å². The second-order valence-corrected chi connectivity index (χ2v) is 6.69. The molecule has 0 spiro atoms. The molecule has 2 amide bonds. The zero-order chi connectivity index (χ0) is 19.6. The van der Waals surface area contributed by atoms with Crippen LogP contribution in [-0.2, 0) is 16.0 Å². The molecule has 0 bridgehead atoms. The number of rotatable bonds is 4. The number of nitro groups is 1. The molecule has 140 valence electrons. The third kappa shape index (κ3) is 3.97. The molecule has 0 aliphatic carbocycles. The summed E-state index contributed by atoms with van der Waals surface area (Å²) in [4.78, 5) is 37.0. The summed E-state index contributed by atoms with van der Waals surface area (Å²) < 4.78 is 0. The Morgan fingerprint density at radius 3 is 2.70 bits per heavy atom. The second-order valence-electron chi connectivity index (χ2n) is 6.69. The fourth-order valence-corrected chi connectivity index (χ4v) is 3.52. The van der Waals surface area contributed by atoms with Gasteiger partial charge in [0.2, 0.25) is 11.8 Å². The molecule has 1 atom stereocenters. The number of aryl methyl sites for hydroxylation is 1. The van der Waals surface area contributed by atoms with E-state index in [9.17, 15) is 19.7 Å². The highest BCUT2D eigenvalue weighted by Crippen LogP contribution is 2.32. The van der Waals surface area contributed by atoms with Crippen LogP contribution in [0.25, 0.3) is 0 Å². The Balaban J connectivity index is 1.81. The van der Waals surface area contributed by atoms with Gasteiger partial charge in [-0.05, 0) is 30.5 Å². The monoisotopic (exact) mass is 367 g/mol. The highest BCUT2D eigenvalue weighted by Gasteiger charge is 2.30. The van der Waals surface area contributed by atoms with Gasteiger partial charge in [-0.1, -0.05) is 30.3 Å². The zero-order valence-electron chi connectivity index (χ0n) is 15.3. The minimum atomic E-state index is -0.472. The van der Waals surface area contributed by atoms with Crippen LogP contribution >= 0.6 is 0 Å². The number of carbonyl (C=O) groups excluding carboxylic acids is 2. The maximum atomic E-state index is 12.6. The molecule has 1 heterocycles. The van der Waals surface area contributed by atoms with Crippen molar-refractivity contribution in [3.8, 4) is 0 Å². The molecule has 1 unspecified atom stereocenters. The maximum absolute atomic E-state index is 12.6. The van der Waals surface area contributed by atoms with Crippen LogP contribution in [0.15, 0.2) is 42.5 Å². The number of hydrogen-bond donors (Lipinski definition) is 1. The Morgan fingerprint density at radius 2 is 2.00 bits per heavy atom. The number of hydrogen-bond acceptors (Lipinski definition) is 4. The lowest BCUT2D eigenvalue weighted by molar-refractivity contribution is -0.385. The van der Waals surface area contributed by atoms with Crippen LogP contribution in [0.5, 0.6) is 0 Å². The third-order valence-electron chi connectivity index (χ3n) is 4.89. The fourth-order valence-electron chi connectivity index (χ4n) is 3.52. The minimum absolute atomic E-state index is 0.0406. The molecule has 1 aliphatic rings. The number of anilines is 1. The van der Waals surface area contributed by atoms with Gasteiger partial charge >= 0.3 is 0 Å². The number of benzene rings is 2. The zero-order valence-corrected chi connectivity index (χ0v) is 15.3. The number of nitro benzene ring substituents is 1. The molecule has 1 N–H and O–H groups in total. The van der Waals surface area contributed by atoms with Gasteiger partial charge in [-0.15, -0.1) is 0 Å². The van der Waals surface area contributed by atoms with Crippen molar-refractivity contribution in [2.45, 2.75) is 32.7 Å². The average Bonchev–Trinajstić information content (AvgIpc) is 2.63. The molecule has 0 aromatic heterocycles. The first kappa shape index (κ1) is 18.6. The summed E-state index contributed by atoms with van der Waals surface area (Å²) in [5, 5.41) is 13.8. The Morgan fingerprint density at radius 1 is 1.26 bits per heavy atom. The van der Waals surface area contributed by atoms with Crippen molar-refractivity contribution < 1.29 is 14.5 Å². The summed E-state index contributed by atoms with van der Waals surface area (Å²) in [7, 11) is 0. The molecule has 1 aliphatic heterocycles. The molecule has 7 heteroatoms. The molecular weight excluding hydrogens is 346 g/mol. The summed E-state index contributed by atoms with van der Waals surface area (Å²) in [6.45, 7) is 3.72. The van der Waals surface area contributed by atoms with Crippen LogP contribution in [0.4, 0.5) is 11.4 Å². The topological polar surface area (TPSA) is 92.6 Å². The van der Waals surface area contributed by atoms with E-state index in [-0.39, 0.29) is 30.0 Å². The predicted molar refractivity (Wildman–Crippen MR) is 101 cm³/mol. The lowest BCUT2D eigenvalue weighted by atomic mass is 9.90. The van der Waals surface area contributed by atoms with Gasteiger partial charge in [-0.3, -0.25) is 19.7 Å². The quantitative estimate of drug-likeness (QED) is 0.662. The number of fused-ring (bicyclic) bond motifs is 1. The van der Waals surface area contributed by atoms with Crippen molar-refractivity contribution in [1.29, 1.82) is 0 Å². The second kappa shape index (κ2) is 7.57. The minimum Gasteiger partial charge on any atom is -0.335 e. The largest absolute Gasteiger partial charge is 0.335 e. The number of amides is 2. The molecule has 2 aromatic rings. The van der Waals surface area contributed by atoms with E-state index in [4.69, 9.17) is 0 Å². The van der Waals surface area contributed by atoms with E-state index in [1.807, 2.05) is 24.3 Å². The molecule has 0 fully saturated rings. The van der Waals surface area contributed by atoms with Gasteiger partial charge < -0.3 is 10.2 Å². The van der Waals surface area contributed by atoms with Crippen molar-refractivity contribution in [2.24, 2.45) is 0 Å². The third-order valence-corrected chi connectivity index (χ3v) is 4.89. The van der Waals surface area contributed by atoms with Crippen molar-refractivity contribution in [2.75, 3.05) is 11.9 Å². The van der Waals surface area contributed by atoms with Crippen molar-refractivity contribution in [1.82, 2.24) is 4.90 Å². The van der Waals surface area contributed by atoms with Crippen molar-refractivity contribution >= 4 is 23.2 Å². The lowest BCUT2D eigenvalue weighted by Crippen LogP contribution is -2.40. The predicted octanol–water partition coefficient (Wildman–Crippen LogP) is 3.38. The van der Waals surface area contributed by atoms with E-state index in [1.54, 1.807) is 24.0 Å². The Kier molecular flexibility index (Phi) is 5.21. The molecule has 0 saturated heterocycles. The van der Waals surface area contributed by atoms with Gasteiger partial charge in [0.1, 0.15) is 0 Å². The highest BCUT2D eigenvalue weighted by molar-refractivity contribution is 5.92. The summed E-state index contributed by atoms with van der Waals surface area (Å²) >= 11 is 0. The Hall–Kier alpha value is -3.22. The summed E-state index contributed by atoms with van der Waals surface area (Å²) in [6.07, 6.45) is 0.857. The summed E-state index contributed by atoms with van der Waals surface area (Å²) in [5.74, 6) is -0.366. The highest BCUT2D eigenvalue weighted by atomic mass is 16.6. The smallest absolute Gasteiger partial charge is 0.274 e. The first-order valence-corrected chi connectivity index (χ1v) is 8.76. The first-order valence-electron chi connectivity index (χ1n) is 8.76. The van der Waals surface area contributed by atoms with Crippen LogP contribution < -0.4 is 5.32 Å². The molecular formula is C20H21N3O4. The number of nitrogens with zero attached hydrogens (tertiary/aromatic N) is 2. The van der Waals surface area contributed by atoms with Gasteiger partial charge in [-0.25, -0.2) is 0 Å². The molecule has 3 rings (SSSR count). The van der Waals surface area contributed by atoms with Gasteiger partial charge in [0, 0.05) is 30.8 Å². The first-order chi connectivity index (χ1) is 12.9. The summed E-state index contributed by atoms with van der Waals surface area (Å²) in [5.41, 5.74) is 2.97. The van der Waals surface area contributed by atoms with Crippen LogP contribution in [0.1, 0.15) is 36.1 Å². The van der Waals surface area contributed by atoms with E-state index >= 15 is 0 Å². The molecule has 0 radical (unpaired) electrons. The molecule has 2 aromatic carbocycles. The summed E-state index contributed by atoms with van der Waals surface area (Å²) in [6, 6.07) is 12.1. The van der Waals surface area contributed by atoms with Crippen molar-refractivity contribution in [3.05, 3.63) is 69.3 Å². The molecule has 0 saturated carbocycles. The standard InChI is InChI=1S/C20H21N3O4/c1-13-7-8-16(11-18(13)23(26)27)21-20(25)12-19-17-6-4-3-5-15(17)9-10-22(19)14(2)24/h3-8,11,19H,9-10,12H2,1-2H3,(H,21,25). The van der Waals surface area contributed by atoms with Crippen LogP contribution in [0.2, 0.25) is 0 Å². The Labute approximate surface area is 157 Å². The Bertz CT molecular complexity index is 910. The van der Waals surface area contributed by atoms with Gasteiger partial charge in [-0.2, -0.15) is 0 Å². The maximum Gasteiger partial charge on any atom is 0.274 e. The van der Waals surface area contributed by atoms with Gasteiger partial charge in [0.25, 0.3) is 5.69 Å². The van der Waals surface area contributed by atoms with E-state index in [0.29, 0.717) is 17.8 Å². The van der Waals surface area contributed by atoms with Crippen LogP contribution in [-0.4, -0.2) is 28.2 Å². The van der Waals surface area contributed by atoms with Gasteiger partial charge in [0.15, 0.2) is 0 Å². The van der Waals surface area contributed by atoms with Crippen LogP contribution in [0, 0.1) is 17.0 Å². The lowest BCUT2D eigenvalue weighted by Gasteiger charge is -2.36. The SMILES string of the molecule is CC(=O)N1CCc2ccccc2C1CC(=O)Nc1ccc(C)c([N+](=O)[O-])c1. The fraction of sp³-hybridized carbons (Fsp3) is 0.300. The molecule has 7 nitrogen and oxygen atoms in total. The molecule has 27 heavy (non-hydrogen) atoms. The normalized spacial score (nSPS) is 15.8. The van der Waals surface area contributed by atoms with Crippen molar-refractivity contribution in [3.63, 3.8) is 0 Å².